The van der Waals surface area contributed by atoms with Crippen LogP contribution in [-0.4, -0.2) is 18.6 Å². The molecule has 6 nitrogen and oxygen atoms in total. The number of ether oxygens (including phenoxy) is 2. The number of para-hydroxylation sites is 1. The quantitative estimate of drug-likeness (QED) is 0.803. The van der Waals surface area contributed by atoms with Gasteiger partial charge in [0.1, 0.15) is 0 Å². The summed E-state index contributed by atoms with van der Waals surface area (Å²) in [5.41, 5.74) is 5.44. The van der Waals surface area contributed by atoms with Gasteiger partial charge in [-0.15, -0.1) is 0 Å². The molecule has 2 aromatic carbocycles. The summed E-state index contributed by atoms with van der Waals surface area (Å²) in [5.74, 6) is -0.0109. The van der Waals surface area contributed by atoms with E-state index in [0.29, 0.717) is 22.6 Å². The Morgan fingerprint density at radius 1 is 0.955 bits per heavy atom. The van der Waals surface area contributed by atoms with Crippen molar-refractivity contribution in [2.75, 3.05) is 6.79 Å². The summed E-state index contributed by atoms with van der Waals surface area (Å²) in [6.07, 6.45) is 0. The van der Waals surface area contributed by atoms with E-state index in [4.69, 9.17) is 9.47 Å². The number of rotatable bonds is 2. The first-order valence-corrected chi connectivity index (χ1v) is 7.19. The van der Waals surface area contributed by atoms with Crippen molar-refractivity contribution in [3.8, 4) is 11.5 Å². The van der Waals surface area contributed by atoms with Gasteiger partial charge in [0.05, 0.1) is 5.56 Å². The molecule has 1 aliphatic heterocycles. The highest BCUT2D eigenvalue weighted by Gasteiger charge is 2.22. The standard InChI is InChI=1S/C15H11BrN2O4/c16-10-6-4-9(5-7-10)14(19)17-18-15(20)11-2-1-3-12-13(11)22-8-21-12/h1-7H,8H2,(H,17,19)(H,18,20). The third-order valence-electron chi connectivity index (χ3n) is 3.04. The molecule has 3 rings (SSSR count). The summed E-state index contributed by atoms with van der Waals surface area (Å²) in [7, 11) is 0. The molecule has 2 amide bonds. The summed E-state index contributed by atoms with van der Waals surface area (Å²) in [6, 6.07) is 11.7. The van der Waals surface area contributed by atoms with Gasteiger partial charge in [0.2, 0.25) is 6.79 Å². The number of amides is 2. The second kappa shape index (κ2) is 6.07. The zero-order valence-electron chi connectivity index (χ0n) is 11.3. The first-order chi connectivity index (χ1) is 10.6. The van der Waals surface area contributed by atoms with Crippen molar-refractivity contribution in [1.29, 1.82) is 0 Å². The zero-order chi connectivity index (χ0) is 15.5. The summed E-state index contributed by atoms with van der Waals surface area (Å²) in [6.45, 7) is 0.0743. The number of nitrogens with one attached hydrogen (secondary N) is 2. The number of hydrogen-bond acceptors (Lipinski definition) is 4. The van der Waals surface area contributed by atoms with Gasteiger partial charge in [0, 0.05) is 10.0 Å². The normalized spacial score (nSPS) is 11.9. The van der Waals surface area contributed by atoms with Gasteiger partial charge in [-0.2, -0.15) is 0 Å². The maximum atomic E-state index is 12.1. The van der Waals surface area contributed by atoms with Gasteiger partial charge in [-0.25, -0.2) is 0 Å². The molecular formula is C15H11BrN2O4. The lowest BCUT2D eigenvalue weighted by atomic mass is 10.2. The summed E-state index contributed by atoms with van der Waals surface area (Å²) in [4.78, 5) is 24.1. The van der Waals surface area contributed by atoms with E-state index in [0.717, 1.165) is 4.47 Å². The smallest absolute Gasteiger partial charge is 0.273 e. The van der Waals surface area contributed by atoms with Crippen LogP contribution in [0.3, 0.4) is 0 Å². The molecule has 22 heavy (non-hydrogen) atoms. The van der Waals surface area contributed by atoms with Crippen LogP contribution in [0.4, 0.5) is 0 Å². The Balaban J connectivity index is 1.67. The van der Waals surface area contributed by atoms with Crippen LogP contribution in [-0.2, 0) is 0 Å². The molecule has 2 aromatic rings. The van der Waals surface area contributed by atoms with Gasteiger partial charge in [-0.1, -0.05) is 22.0 Å². The fourth-order valence-corrected chi connectivity index (χ4v) is 2.23. The fourth-order valence-electron chi connectivity index (χ4n) is 1.96. The molecule has 0 saturated heterocycles. The van der Waals surface area contributed by atoms with Crippen LogP contribution >= 0.6 is 15.9 Å². The van der Waals surface area contributed by atoms with Crippen molar-refractivity contribution in [3.05, 3.63) is 58.1 Å². The Bertz CT molecular complexity index is 731. The Labute approximate surface area is 134 Å². The largest absolute Gasteiger partial charge is 0.454 e. The number of carbonyl (C=O) groups excluding carboxylic acids is 2. The van der Waals surface area contributed by atoms with E-state index in [-0.39, 0.29) is 6.79 Å². The van der Waals surface area contributed by atoms with Crippen LogP contribution in [0.2, 0.25) is 0 Å². The summed E-state index contributed by atoms with van der Waals surface area (Å²) >= 11 is 3.29. The molecule has 112 valence electrons. The third-order valence-corrected chi connectivity index (χ3v) is 3.57. The Kier molecular flexibility index (Phi) is 3.97. The van der Waals surface area contributed by atoms with Gasteiger partial charge >= 0.3 is 0 Å². The van der Waals surface area contributed by atoms with Crippen molar-refractivity contribution >= 4 is 27.7 Å². The van der Waals surface area contributed by atoms with Crippen LogP contribution in [0, 0.1) is 0 Å². The van der Waals surface area contributed by atoms with Gasteiger partial charge in [-0.3, -0.25) is 20.4 Å². The molecule has 0 aliphatic carbocycles. The molecule has 0 radical (unpaired) electrons. The van der Waals surface area contributed by atoms with Crippen LogP contribution < -0.4 is 20.3 Å². The summed E-state index contributed by atoms with van der Waals surface area (Å²) < 4.78 is 11.3. The molecule has 2 N–H and O–H groups in total. The maximum absolute atomic E-state index is 12.1. The Morgan fingerprint density at radius 3 is 2.45 bits per heavy atom. The molecule has 0 atom stereocenters. The van der Waals surface area contributed by atoms with Crippen LogP contribution in [0.5, 0.6) is 11.5 Å². The minimum Gasteiger partial charge on any atom is -0.454 e. The van der Waals surface area contributed by atoms with Gasteiger partial charge in [0.15, 0.2) is 11.5 Å². The molecule has 1 heterocycles. The van der Waals surface area contributed by atoms with Crippen molar-refractivity contribution in [3.63, 3.8) is 0 Å². The van der Waals surface area contributed by atoms with Gasteiger partial charge in [0.25, 0.3) is 11.8 Å². The lowest BCUT2D eigenvalue weighted by molar-refractivity contribution is 0.0844. The predicted octanol–water partition coefficient (Wildman–Crippen LogP) is 2.25. The molecule has 1 aliphatic rings. The molecule has 0 unspecified atom stereocenters. The molecule has 7 heteroatoms. The van der Waals surface area contributed by atoms with E-state index in [9.17, 15) is 9.59 Å². The number of carbonyl (C=O) groups is 2. The summed E-state index contributed by atoms with van der Waals surface area (Å²) in [5, 5.41) is 0. The van der Waals surface area contributed by atoms with E-state index in [1.54, 1.807) is 42.5 Å². The molecule has 0 bridgehead atoms. The van der Waals surface area contributed by atoms with Crippen molar-refractivity contribution in [2.45, 2.75) is 0 Å². The van der Waals surface area contributed by atoms with Crippen LogP contribution in [0.25, 0.3) is 0 Å². The number of hydrogen-bond donors (Lipinski definition) is 2. The van der Waals surface area contributed by atoms with E-state index in [2.05, 4.69) is 26.8 Å². The van der Waals surface area contributed by atoms with Crippen molar-refractivity contribution < 1.29 is 19.1 Å². The second-order valence-electron chi connectivity index (χ2n) is 4.45. The Morgan fingerprint density at radius 2 is 1.68 bits per heavy atom. The van der Waals surface area contributed by atoms with Gasteiger partial charge < -0.3 is 9.47 Å². The van der Waals surface area contributed by atoms with E-state index in [1.807, 2.05) is 0 Å². The first kappa shape index (κ1) is 14.4. The molecular weight excluding hydrogens is 352 g/mol. The van der Waals surface area contributed by atoms with E-state index in [1.165, 1.54) is 0 Å². The van der Waals surface area contributed by atoms with E-state index < -0.39 is 11.8 Å². The highest BCUT2D eigenvalue weighted by Crippen LogP contribution is 2.35. The lowest BCUT2D eigenvalue weighted by Crippen LogP contribution is -2.41. The van der Waals surface area contributed by atoms with Crippen LogP contribution in [0.15, 0.2) is 46.9 Å². The molecule has 0 saturated carbocycles. The number of halogens is 1. The first-order valence-electron chi connectivity index (χ1n) is 6.40. The maximum Gasteiger partial charge on any atom is 0.273 e. The lowest BCUT2D eigenvalue weighted by Gasteiger charge is -2.09. The minimum atomic E-state index is -0.479. The monoisotopic (exact) mass is 362 g/mol. The average molecular weight is 363 g/mol. The zero-order valence-corrected chi connectivity index (χ0v) is 12.8. The Hall–Kier alpha value is -2.54. The number of benzene rings is 2. The molecule has 0 aromatic heterocycles. The minimum absolute atomic E-state index is 0.0743. The second-order valence-corrected chi connectivity index (χ2v) is 5.37. The number of hydrazine groups is 1. The van der Waals surface area contributed by atoms with Gasteiger partial charge in [-0.05, 0) is 36.4 Å². The highest BCUT2D eigenvalue weighted by molar-refractivity contribution is 9.10. The van der Waals surface area contributed by atoms with Crippen molar-refractivity contribution in [2.24, 2.45) is 0 Å². The van der Waals surface area contributed by atoms with E-state index >= 15 is 0 Å². The predicted molar refractivity (Wildman–Crippen MR) is 81.6 cm³/mol. The third kappa shape index (κ3) is 2.89. The van der Waals surface area contributed by atoms with Crippen molar-refractivity contribution in [1.82, 2.24) is 10.9 Å². The topological polar surface area (TPSA) is 76.7 Å². The highest BCUT2D eigenvalue weighted by atomic mass is 79.9. The van der Waals surface area contributed by atoms with Crippen LogP contribution in [0.1, 0.15) is 20.7 Å². The fraction of sp³-hybridized carbons (Fsp3) is 0.0667. The number of fused-ring (bicyclic) bond motifs is 1. The molecule has 0 spiro atoms. The SMILES string of the molecule is O=C(NNC(=O)c1cccc2c1OCO2)c1ccc(Br)cc1. The molecule has 0 fully saturated rings. The average Bonchev–Trinajstić information content (AvgIpc) is 3.01.